The van der Waals surface area contributed by atoms with E-state index < -0.39 is 5.97 Å². The summed E-state index contributed by atoms with van der Waals surface area (Å²) in [7, 11) is 5.65. The number of benzene rings is 1. The zero-order chi connectivity index (χ0) is 9.42. The highest BCUT2D eigenvalue weighted by Gasteiger charge is 2.07. The molecule has 0 aliphatic heterocycles. The Labute approximate surface area is 75.8 Å². The average Bonchev–Trinajstić information content (AvgIpc) is 2.49. The van der Waals surface area contributed by atoms with Gasteiger partial charge in [0.1, 0.15) is 13.5 Å². The molecule has 0 aliphatic rings. The molecule has 4 heteroatoms. The Bertz CT molecular complexity index is 475. The van der Waals surface area contributed by atoms with E-state index in [-0.39, 0.29) is 5.69 Å². The number of carboxylic acid groups (broad SMARTS) is 1. The normalized spacial score (nSPS) is 10.5. The van der Waals surface area contributed by atoms with E-state index in [4.69, 9.17) is 13.0 Å². The lowest BCUT2D eigenvalue weighted by atomic mass is 9.94. The van der Waals surface area contributed by atoms with Crippen molar-refractivity contribution < 1.29 is 9.90 Å². The number of aromatic nitrogens is 1. The molecule has 0 fully saturated rings. The molecule has 2 aromatic rings. The largest absolute Gasteiger partial charge is 0.477 e. The van der Waals surface area contributed by atoms with Crippen LogP contribution in [0.25, 0.3) is 10.9 Å². The summed E-state index contributed by atoms with van der Waals surface area (Å²) in [5.41, 5.74) is 1.40. The lowest BCUT2D eigenvalue weighted by Gasteiger charge is -1.93. The van der Waals surface area contributed by atoms with Crippen molar-refractivity contribution in [2.24, 2.45) is 0 Å². The number of carboxylic acids is 1. The van der Waals surface area contributed by atoms with E-state index >= 15 is 0 Å². The van der Waals surface area contributed by atoms with Crippen molar-refractivity contribution in [3.05, 3.63) is 30.0 Å². The van der Waals surface area contributed by atoms with Crippen molar-refractivity contribution >= 4 is 30.2 Å². The number of hydrogen-bond acceptors (Lipinski definition) is 1. The number of para-hydroxylation sites is 1. The summed E-state index contributed by atoms with van der Waals surface area (Å²) in [6.07, 6.45) is 0. The number of fused-ring (bicyclic) bond motifs is 1. The van der Waals surface area contributed by atoms with Crippen molar-refractivity contribution in [2.75, 3.05) is 0 Å². The molecule has 0 unspecified atom stereocenters. The lowest BCUT2D eigenvalue weighted by Crippen LogP contribution is -2.03. The number of H-pyrrole nitrogens is 1. The van der Waals surface area contributed by atoms with Crippen LogP contribution in [-0.4, -0.2) is 23.9 Å². The summed E-state index contributed by atoms with van der Waals surface area (Å²) >= 11 is 0. The predicted octanol–water partition coefficient (Wildman–Crippen LogP) is 0.660. The molecule has 62 valence electrons. The van der Waals surface area contributed by atoms with Gasteiger partial charge in [-0.05, 0) is 11.5 Å². The smallest absolute Gasteiger partial charge is 0.352 e. The van der Waals surface area contributed by atoms with Gasteiger partial charge in [0.2, 0.25) is 0 Å². The maximum atomic E-state index is 10.6. The molecule has 0 saturated carbocycles. The highest BCUT2D eigenvalue weighted by Crippen LogP contribution is 2.12. The van der Waals surface area contributed by atoms with E-state index in [0.29, 0.717) is 11.0 Å². The minimum Gasteiger partial charge on any atom is -0.477 e. The summed E-state index contributed by atoms with van der Waals surface area (Å²) in [4.78, 5) is 13.3. The molecule has 3 nitrogen and oxygen atoms in total. The fraction of sp³-hybridized carbons (Fsp3) is 0. The van der Waals surface area contributed by atoms with E-state index in [2.05, 4.69) is 4.98 Å². The highest BCUT2D eigenvalue weighted by molar-refractivity contribution is 6.38. The van der Waals surface area contributed by atoms with Gasteiger partial charge in [0.05, 0.1) is 0 Å². The topological polar surface area (TPSA) is 53.1 Å². The van der Waals surface area contributed by atoms with Crippen LogP contribution in [0.3, 0.4) is 0 Å². The Morgan fingerprint density at radius 2 is 2.23 bits per heavy atom. The molecule has 2 N–H and O–H groups in total. The molecule has 0 aliphatic carbocycles. The predicted molar refractivity (Wildman–Crippen MR) is 50.6 cm³/mol. The number of carbonyl (C=O) groups is 1. The number of aromatic amines is 1. The fourth-order valence-electron chi connectivity index (χ4n) is 1.29. The first-order valence-corrected chi connectivity index (χ1v) is 3.79. The third-order valence-corrected chi connectivity index (χ3v) is 1.92. The average molecular weight is 171 g/mol. The van der Waals surface area contributed by atoms with Gasteiger partial charge < -0.3 is 10.1 Å². The van der Waals surface area contributed by atoms with Crippen molar-refractivity contribution in [3.8, 4) is 0 Å². The second-order valence-corrected chi connectivity index (χ2v) is 2.80. The zero-order valence-electron chi connectivity index (χ0n) is 6.74. The van der Waals surface area contributed by atoms with Crippen LogP contribution in [0.1, 0.15) is 10.5 Å². The van der Waals surface area contributed by atoms with Crippen molar-refractivity contribution in [2.45, 2.75) is 0 Å². The molecule has 0 saturated heterocycles. The Hall–Kier alpha value is -1.71. The number of rotatable bonds is 1. The van der Waals surface area contributed by atoms with Gasteiger partial charge in [0, 0.05) is 5.52 Å². The maximum Gasteiger partial charge on any atom is 0.352 e. The van der Waals surface area contributed by atoms with E-state index in [1.807, 2.05) is 6.07 Å². The number of aromatic carboxylic acids is 1. The zero-order valence-corrected chi connectivity index (χ0v) is 6.74. The standard InChI is InChI=1S/C9H6BNO2/c10-6-3-1-2-5-4-7(9(12)13)11-8(5)6/h1-4,11H,(H,12,13). The highest BCUT2D eigenvalue weighted by atomic mass is 16.4. The van der Waals surface area contributed by atoms with E-state index in [0.717, 1.165) is 5.39 Å². The van der Waals surface area contributed by atoms with E-state index in [9.17, 15) is 4.79 Å². The Balaban J connectivity index is 2.75. The van der Waals surface area contributed by atoms with Crippen LogP contribution < -0.4 is 5.46 Å². The van der Waals surface area contributed by atoms with Gasteiger partial charge >= 0.3 is 5.97 Å². The van der Waals surface area contributed by atoms with Crippen molar-refractivity contribution in [1.29, 1.82) is 0 Å². The molecule has 0 bridgehead atoms. The molecule has 1 heterocycles. The fourth-order valence-corrected chi connectivity index (χ4v) is 1.29. The first-order valence-electron chi connectivity index (χ1n) is 3.79. The molecular formula is C9H6BNO2. The summed E-state index contributed by atoms with van der Waals surface area (Å²) in [6, 6.07) is 6.89. The van der Waals surface area contributed by atoms with E-state index in [1.165, 1.54) is 0 Å². The van der Waals surface area contributed by atoms with Crippen LogP contribution in [0, 0.1) is 0 Å². The molecular weight excluding hydrogens is 165 g/mol. The Morgan fingerprint density at radius 1 is 1.46 bits per heavy atom. The minimum absolute atomic E-state index is 0.160. The van der Waals surface area contributed by atoms with Gasteiger partial charge in [-0.15, -0.1) is 0 Å². The SMILES string of the molecule is [B]c1cccc2cc(C(=O)O)[nH]c12. The summed E-state index contributed by atoms with van der Waals surface area (Å²) < 4.78 is 0. The molecule has 1 aromatic heterocycles. The van der Waals surface area contributed by atoms with Crippen LogP contribution in [0.15, 0.2) is 24.3 Å². The monoisotopic (exact) mass is 171 g/mol. The molecule has 2 rings (SSSR count). The first kappa shape index (κ1) is 7.92. The van der Waals surface area contributed by atoms with Gasteiger partial charge in [-0.3, -0.25) is 0 Å². The summed E-state index contributed by atoms with van der Waals surface area (Å²) in [5.74, 6) is -0.976. The molecule has 13 heavy (non-hydrogen) atoms. The van der Waals surface area contributed by atoms with Crippen molar-refractivity contribution in [3.63, 3.8) is 0 Å². The van der Waals surface area contributed by atoms with Gasteiger partial charge in [-0.1, -0.05) is 23.7 Å². The molecule has 0 atom stereocenters. The van der Waals surface area contributed by atoms with Crippen LogP contribution in [0.2, 0.25) is 0 Å². The summed E-state index contributed by atoms with van der Waals surface area (Å²) in [5, 5.41) is 9.52. The second-order valence-electron chi connectivity index (χ2n) is 2.80. The molecule has 1 aromatic carbocycles. The Kier molecular flexibility index (Phi) is 1.62. The van der Waals surface area contributed by atoms with Crippen LogP contribution in [0.5, 0.6) is 0 Å². The van der Waals surface area contributed by atoms with E-state index in [1.54, 1.807) is 18.2 Å². The molecule has 2 radical (unpaired) electrons. The number of hydrogen-bond donors (Lipinski definition) is 2. The number of nitrogens with one attached hydrogen (secondary N) is 1. The summed E-state index contributed by atoms with van der Waals surface area (Å²) in [6.45, 7) is 0. The van der Waals surface area contributed by atoms with Gasteiger partial charge in [-0.2, -0.15) is 0 Å². The van der Waals surface area contributed by atoms with Crippen LogP contribution in [-0.2, 0) is 0 Å². The third kappa shape index (κ3) is 1.20. The second kappa shape index (κ2) is 2.66. The third-order valence-electron chi connectivity index (χ3n) is 1.92. The molecule has 0 spiro atoms. The maximum absolute atomic E-state index is 10.6. The molecule has 0 amide bonds. The first-order chi connectivity index (χ1) is 6.18. The Morgan fingerprint density at radius 3 is 2.85 bits per heavy atom. The van der Waals surface area contributed by atoms with Gasteiger partial charge in [0.15, 0.2) is 0 Å². The van der Waals surface area contributed by atoms with Crippen LogP contribution in [0.4, 0.5) is 0 Å². The van der Waals surface area contributed by atoms with Gasteiger partial charge in [-0.25, -0.2) is 4.79 Å². The quantitative estimate of drug-likeness (QED) is 0.619. The van der Waals surface area contributed by atoms with Gasteiger partial charge in [0.25, 0.3) is 0 Å². The lowest BCUT2D eigenvalue weighted by molar-refractivity contribution is 0.0691. The minimum atomic E-state index is -0.976. The van der Waals surface area contributed by atoms with Crippen molar-refractivity contribution in [1.82, 2.24) is 4.98 Å². The van der Waals surface area contributed by atoms with Crippen LogP contribution >= 0.6 is 0 Å².